The standard InChI is InChI=1S/C2H3N2O3/c5-1-3-4-2(6)7/h1,4H,(H,6,7). The number of hydrogen-bond donors (Lipinski definition) is 2. The third-order valence-electron chi connectivity index (χ3n) is 0.213. The molecule has 7 heavy (non-hydrogen) atoms. The summed E-state index contributed by atoms with van der Waals surface area (Å²) < 4.78 is 0. The van der Waals surface area contributed by atoms with Crippen molar-refractivity contribution < 1.29 is 14.7 Å². The average Bonchev–Trinajstić information content (AvgIpc) is 1.61. The van der Waals surface area contributed by atoms with Crippen LogP contribution in [0.15, 0.2) is 0 Å². The first kappa shape index (κ1) is 5.74. The van der Waals surface area contributed by atoms with Crippen LogP contribution >= 0.6 is 0 Å². The van der Waals surface area contributed by atoms with Crippen molar-refractivity contribution in [3.05, 3.63) is 0 Å². The van der Waals surface area contributed by atoms with Crippen LogP contribution in [0.25, 0.3) is 0 Å². The third kappa shape index (κ3) is 4.74. The molecular formula is C2H3N2O3. The summed E-state index contributed by atoms with van der Waals surface area (Å²) in [5, 5.41) is 7.68. The van der Waals surface area contributed by atoms with Crippen LogP contribution in [-0.2, 0) is 4.79 Å². The van der Waals surface area contributed by atoms with E-state index in [-0.39, 0.29) is 6.41 Å². The summed E-state index contributed by atoms with van der Waals surface area (Å²) in [7, 11) is 0. The van der Waals surface area contributed by atoms with Gasteiger partial charge in [-0.05, 0) is 0 Å². The van der Waals surface area contributed by atoms with E-state index in [0.717, 1.165) is 0 Å². The molecule has 0 spiro atoms. The van der Waals surface area contributed by atoms with Gasteiger partial charge in [-0.25, -0.2) is 10.2 Å². The van der Waals surface area contributed by atoms with Crippen LogP contribution in [0, 0.1) is 0 Å². The van der Waals surface area contributed by atoms with Gasteiger partial charge in [-0.2, -0.15) is 0 Å². The summed E-state index contributed by atoms with van der Waals surface area (Å²) in [4.78, 5) is 18.6. The van der Waals surface area contributed by atoms with E-state index in [9.17, 15) is 9.59 Å². The summed E-state index contributed by atoms with van der Waals surface area (Å²) in [5.41, 5.74) is 4.11. The van der Waals surface area contributed by atoms with E-state index >= 15 is 0 Å². The van der Waals surface area contributed by atoms with Crippen molar-refractivity contribution in [2.45, 2.75) is 0 Å². The first-order valence-electron chi connectivity index (χ1n) is 1.40. The van der Waals surface area contributed by atoms with E-state index in [1.807, 2.05) is 0 Å². The minimum absolute atomic E-state index is 0.105. The monoisotopic (exact) mass is 103 g/mol. The first-order chi connectivity index (χ1) is 3.27. The Labute approximate surface area is 39.3 Å². The molecule has 0 saturated heterocycles. The minimum Gasteiger partial charge on any atom is -0.464 e. The third-order valence-corrected chi connectivity index (χ3v) is 0.213. The van der Waals surface area contributed by atoms with Crippen molar-refractivity contribution in [1.29, 1.82) is 0 Å². The quantitative estimate of drug-likeness (QED) is 0.345. The molecule has 2 amide bonds. The van der Waals surface area contributed by atoms with Crippen molar-refractivity contribution in [3.63, 3.8) is 0 Å². The maximum Gasteiger partial charge on any atom is 0.425 e. The molecule has 0 saturated carbocycles. The van der Waals surface area contributed by atoms with Gasteiger partial charge in [0.1, 0.15) is 0 Å². The second-order valence-electron chi connectivity index (χ2n) is 0.651. The molecule has 0 heterocycles. The topological polar surface area (TPSA) is 80.5 Å². The van der Waals surface area contributed by atoms with E-state index in [2.05, 4.69) is 5.43 Å². The normalized spacial score (nSPS) is 6.86. The van der Waals surface area contributed by atoms with E-state index < -0.39 is 6.09 Å². The molecule has 0 aliphatic rings. The summed E-state index contributed by atoms with van der Waals surface area (Å²) in [6.07, 6.45) is -1.24. The van der Waals surface area contributed by atoms with Crippen LogP contribution in [0.5, 0.6) is 0 Å². The highest BCUT2D eigenvalue weighted by Gasteiger charge is 1.87. The molecule has 2 N–H and O–H groups in total. The van der Waals surface area contributed by atoms with Gasteiger partial charge in [-0.15, -0.1) is 5.43 Å². The maximum atomic E-state index is 9.39. The fraction of sp³-hybridized carbons (Fsp3) is 0. The lowest BCUT2D eigenvalue weighted by atomic mass is 11.2. The van der Waals surface area contributed by atoms with Gasteiger partial charge in [-0.3, -0.25) is 4.79 Å². The first-order valence-corrected chi connectivity index (χ1v) is 1.40. The number of hydrogen-bond acceptors (Lipinski definition) is 2. The SMILES string of the molecule is O=C[N]NC(=O)O. The molecule has 5 nitrogen and oxygen atoms in total. The van der Waals surface area contributed by atoms with Crippen LogP contribution in [0.2, 0.25) is 0 Å². The van der Waals surface area contributed by atoms with Crippen molar-refractivity contribution >= 4 is 12.5 Å². The zero-order valence-electron chi connectivity index (χ0n) is 3.29. The molecule has 0 aromatic rings. The highest BCUT2D eigenvalue weighted by molar-refractivity contribution is 5.66. The van der Waals surface area contributed by atoms with Gasteiger partial charge in [0.15, 0.2) is 0 Å². The zero-order valence-corrected chi connectivity index (χ0v) is 3.29. The molecular weight excluding hydrogens is 100 g/mol. The van der Waals surface area contributed by atoms with Gasteiger partial charge in [-0.1, -0.05) is 0 Å². The number of amides is 2. The molecule has 0 aromatic heterocycles. The predicted molar refractivity (Wildman–Crippen MR) is 19.4 cm³/mol. The second-order valence-corrected chi connectivity index (χ2v) is 0.651. The van der Waals surface area contributed by atoms with E-state index in [1.54, 1.807) is 0 Å². The summed E-state index contributed by atoms with van der Waals surface area (Å²) in [6, 6.07) is 0. The fourth-order valence-electron chi connectivity index (χ4n) is 0.0816. The Morgan fingerprint density at radius 1 is 1.86 bits per heavy atom. The minimum atomic E-state index is -1.34. The van der Waals surface area contributed by atoms with Crippen molar-refractivity contribution in [2.75, 3.05) is 0 Å². The van der Waals surface area contributed by atoms with Gasteiger partial charge in [0.05, 0.1) is 0 Å². The number of rotatable bonds is 2. The van der Waals surface area contributed by atoms with E-state index in [0.29, 0.717) is 0 Å². The van der Waals surface area contributed by atoms with Crippen molar-refractivity contribution in [1.82, 2.24) is 10.9 Å². The number of carbonyl (C=O) groups excluding carboxylic acids is 1. The van der Waals surface area contributed by atoms with Crippen LogP contribution in [0.4, 0.5) is 4.79 Å². The smallest absolute Gasteiger partial charge is 0.425 e. The molecule has 0 atom stereocenters. The Morgan fingerprint density at radius 2 is 2.43 bits per heavy atom. The molecule has 0 unspecified atom stereocenters. The Balaban J connectivity index is 2.97. The Kier molecular flexibility index (Phi) is 2.42. The number of nitrogens with zero attached hydrogens (tertiary/aromatic N) is 1. The van der Waals surface area contributed by atoms with Crippen LogP contribution in [-0.4, -0.2) is 17.6 Å². The van der Waals surface area contributed by atoms with Crippen LogP contribution in [0.3, 0.4) is 0 Å². The predicted octanol–water partition coefficient (Wildman–Crippen LogP) is -1.07. The Morgan fingerprint density at radius 3 is 2.57 bits per heavy atom. The van der Waals surface area contributed by atoms with Crippen LogP contribution in [0.1, 0.15) is 0 Å². The van der Waals surface area contributed by atoms with Crippen molar-refractivity contribution in [2.24, 2.45) is 0 Å². The van der Waals surface area contributed by atoms with Gasteiger partial charge < -0.3 is 5.11 Å². The molecule has 0 aromatic carbocycles. The van der Waals surface area contributed by atoms with Gasteiger partial charge >= 0.3 is 6.09 Å². The van der Waals surface area contributed by atoms with Gasteiger partial charge in [0.2, 0.25) is 6.41 Å². The van der Waals surface area contributed by atoms with E-state index in [4.69, 9.17) is 5.11 Å². The van der Waals surface area contributed by atoms with Crippen molar-refractivity contribution in [3.8, 4) is 0 Å². The number of nitrogens with one attached hydrogen (secondary N) is 1. The average molecular weight is 103 g/mol. The van der Waals surface area contributed by atoms with E-state index in [1.165, 1.54) is 5.43 Å². The number of carbonyl (C=O) groups is 2. The Bertz CT molecular complexity index is 81.0. The van der Waals surface area contributed by atoms with Gasteiger partial charge in [0, 0.05) is 0 Å². The summed E-state index contributed by atoms with van der Waals surface area (Å²) in [6.45, 7) is 0. The largest absolute Gasteiger partial charge is 0.464 e. The molecule has 39 valence electrons. The molecule has 0 bridgehead atoms. The lowest BCUT2D eigenvalue weighted by Gasteiger charge is -1.86. The lowest BCUT2D eigenvalue weighted by molar-refractivity contribution is -0.110. The van der Waals surface area contributed by atoms with Crippen LogP contribution < -0.4 is 10.9 Å². The van der Waals surface area contributed by atoms with Gasteiger partial charge in [0.25, 0.3) is 0 Å². The molecule has 5 heteroatoms. The zero-order chi connectivity index (χ0) is 5.70. The molecule has 0 fully saturated rings. The summed E-state index contributed by atoms with van der Waals surface area (Å²) in [5.74, 6) is 0. The Hall–Kier alpha value is -1.26. The highest BCUT2D eigenvalue weighted by Crippen LogP contribution is 1.49. The molecule has 0 rings (SSSR count). The molecule has 1 radical (unpaired) electrons. The molecule has 0 aliphatic heterocycles. The molecule has 0 aliphatic carbocycles. The second kappa shape index (κ2) is 2.95. The fourth-order valence-corrected chi connectivity index (χ4v) is 0.0816. The maximum absolute atomic E-state index is 9.39. The lowest BCUT2D eigenvalue weighted by Crippen LogP contribution is -2.28. The number of carboxylic acid groups (broad SMARTS) is 1. The summed E-state index contributed by atoms with van der Waals surface area (Å²) >= 11 is 0. The highest BCUT2D eigenvalue weighted by atomic mass is 16.4.